The largest absolute Gasteiger partial charge is 0.496 e. The molecule has 20 heavy (non-hydrogen) atoms. The lowest BCUT2D eigenvalue weighted by Gasteiger charge is -2.17. The van der Waals surface area contributed by atoms with Crippen molar-refractivity contribution in [3.63, 3.8) is 0 Å². The Morgan fingerprint density at radius 2 is 1.85 bits per heavy atom. The highest BCUT2D eigenvalue weighted by Gasteiger charge is 2.21. The molecule has 0 aliphatic rings. The van der Waals surface area contributed by atoms with Gasteiger partial charge in [-0.05, 0) is 32.9 Å². The summed E-state index contributed by atoms with van der Waals surface area (Å²) in [6.07, 6.45) is 0. The molecule has 4 N–H and O–H groups in total. The summed E-state index contributed by atoms with van der Waals surface area (Å²) in [6.45, 7) is 5.32. The lowest BCUT2D eigenvalue weighted by Crippen LogP contribution is -2.46. The summed E-state index contributed by atoms with van der Waals surface area (Å²) >= 11 is 0. The number of nitrogens with one attached hydrogen (secondary N) is 2. The van der Waals surface area contributed by atoms with Gasteiger partial charge in [-0.25, -0.2) is 0 Å². The molecule has 0 radical (unpaired) electrons. The van der Waals surface area contributed by atoms with Crippen molar-refractivity contribution in [3.8, 4) is 5.75 Å². The number of anilines is 1. The third-order valence-corrected chi connectivity index (χ3v) is 2.68. The van der Waals surface area contributed by atoms with Crippen LogP contribution in [0.3, 0.4) is 0 Å². The molecule has 0 fully saturated rings. The van der Waals surface area contributed by atoms with Gasteiger partial charge in [-0.3, -0.25) is 9.59 Å². The number of carbonyl (C=O) groups is 2. The molecule has 0 aliphatic heterocycles. The Kier molecular flexibility index (Phi) is 5.37. The minimum atomic E-state index is -0.658. The molecule has 1 atom stereocenters. The van der Waals surface area contributed by atoms with Crippen LogP contribution in [0.15, 0.2) is 18.2 Å². The van der Waals surface area contributed by atoms with Crippen molar-refractivity contribution in [3.05, 3.63) is 23.8 Å². The number of nitrogens with two attached hydrogens (primary N) is 1. The number of amides is 2. The molecule has 1 rings (SSSR count). The molecule has 1 aromatic carbocycles. The summed E-state index contributed by atoms with van der Waals surface area (Å²) in [4.78, 5) is 24.0. The van der Waals surface area contributed by atoms with Crippen LogP contribution in [-0.2, 0) is 4.79 Å². The number of ether oxygens (including phenoxy) is 1. The summed E-state index contributed by atoms with van der Waals surface area (Å²) in [6, 6.07) is 4.30. The summed E-state index contributed by atoms with van der Waals surface area (Å²) in [5.74, 6) is -0.313. The van der Waals surface area contributed by atoms with Gasteiger partial charge < -0.3 is 21.1 Å². The summed E-state index contributed by atoms with van der Waals surface area (Å²) < 4.78 is 5.11. The second-order valence-electron chi connectivity index (χ2n) is 4.78. The minimum Gasteiger partial charge on any atom is -0.496 e. The maximum Gasteiger partial charge on any atom is 0.257 e. The zero-order chi connectivity index (χ0) is 15.3. The number of carbonyl (C=O) groups excluding carboxylic acids is 2. The zero-order valence-corrected chi connectivity index (χ0v) is 12.2. The van der Waals surface area contributed by atoms with Gasteiger partial charge in [0.2, 0.25) is 5.91 Å². The van der Waals surface area contributed by atoms with E-state index in [0.717, 1.165) is 0 Å². The first-order chi connectivity index (χ1) is 9.36. The predicted octanol–water partition coefficient (Wildman–Crippen LogP) is 0.920. The van der Waals surface area contributed by atoms with Crippen LogP contribution in [0.1, 0.15) is 31.1 Å². The van der Waals surface area contributed by atoms with Crippen molar-refractivity contribution in [1.29, 1.82) is 0 Å². The lowest BCUT2D eigenvalue weighted by atomic mass is 10.1. The van der Waals surface area contributed by atoms with Crippen molar-refractivity contribution < 1.29 is 14.3 Å². The van der Waals surface area contributed by atoms with Crippen molar-refractivity contribution in [2.75, 3.05) is 12.8 Å². The predicted molar refractivity (Wildman–Crippen MR) is 77.6 cm³/mol. The first-order valence-electron chi connectivity index (χ1n) is 6.40. The average molecular weight is 279 g/mol. The first kappa shape index (κ1) is 15.8. The van der Waals surface area contributed by atoms with Gasteiger partial charge >= 0.3 is 0 Å². The smallest absolute Gasteiger partial charge is 0.257 e. The van der Waals surface area contributed by atoms with Crippen LogP contribution in [0.25, 0.3) is 0 Å². The van der Waals surface area contributed by atoms with Gasteiger partial charge in [0.1, 0.15) is 17.4 Å². The number of nitrogen functional groups attached to an aromatic ring is 1. The van der Waals surface area contributed by atoms with Gasteiger partial charge in [0.05, 0.1) is 7.11 Å². The third-order valence-electron chi connectivity index (χ3n) is 2.68. The van der Waals surface area contributed by atoms with Crippen LogP contribution >= 0.6 is 0 Å². The molecule has 0 heterocycles. The van der Waals surface area contributed by atoms with Crippen LogP contribution in [0.5, 0.6) is 5.75 Å². The van der Waals surface area contributed by atoms with Crippen LogP contribution in [0.2, 0.25) is 0 Å². The second-order valence-corrected chi connectivity index (χ2v) is 4.78. The van der Waals surface area contributed by atoms with Crippen LogP contribution in [0.4, 0.5) is 5.69 Å². The number of benzene rings is 1. The highest BCUT2D eigenvalue weighted by molar-refractivity contribution is 6.03. The number of hydrogen-bond acceptors (Lipinski definition) is 4. The Bertz CT molecular complexity index is 500. The molecule has 1 aromatic rings. The number of rotatable bonds is 5. The second kappa shape index (κ2) is 6.79. The van der Waals surface area contributed by atoms with E-state index in [0.29, 0.717) is 11.4 Å². The topological polar surface area (TPSA) is 93.4 Å². The van der Waals surface area contributed by atoms with E-state index in [1.165, 1.54) is 7.11 Å². The van der Waals surface area contributed by atoms with Gasteiger partial charge in [0.15, 0.2) is 0 Å². The monoisotopic (exact) mass is 279 g/mol. The fraction of sp³-hybridized carbons (Fsp3) is 0.429. The molecule has 0 aliphatic carbocycles. The molecule has 1 unspecified atom stereocenters. The van der Waals surface area contributed by atoms with Crippen molar-refractivity contribution in [1.82, 2.24) is 10.6 Å². The van der Waals surface area contributed by atoms with E-state index in [1.807, 2.05) is 13.8 Å². The average Bonchev–Trinajstić information content (AvgIpc) is 2.37. The summed E-state index contributed by atoms with van der Waals surface area (Å²) in [5, 5.41) is 5.33. The van der Waals surface area contributed by atoms with E-state index < -0.39 is 11.9 Å². The number of methoxy groups -OCH3 is 1. The Morgan fingerprint density at radius 1 is 1.20 bits per heavy atom. The van der Waals surface area contributed by atoms with Gasteiger partial charge in [-0.2, -0.15) is 0 Å². The quantitative estimate of drug-likeness (QED) is 0.699. The standard InChI is InChI=1S/C14H21N3O3/c1-8(2)16-13(18)9(3)17-14(19)12-10(15)6-5-7-11(12)20-4/h5-9H,15H2,1-4H3,(H,16,18)(H,17,19). The fourth-order valence-corrected chi connectivity index (χ4v) is 1.71. The zero-order valence-electron chi connectivity index (χ0n) is 12.2. The van der Waals surface area contributed by atoms with Gasteiger partial charge in [0.25, 0.3) is 5.91 Å². The molecule has 0 saturated carbocycles. The molecular weight excluding hydrogens is 258 g/mol. The molecule has 2 amide bonds. The van der Waals surface area contributed by atoms with Crippen LogP contribution in [0, 0.1) is 0 Å². The normalized spacial score (nSPS) is 11.8. The minimum absolute atomic E-state index is 0.0122. The molecular formula is C14H21N3O3. The van der Waals surface area contributed by atoms with Crippen molar-refractivity contribution in [2.45, 2.75) is 32.9 Å². The van der Waals surface area contributed by atoms with Gasteiger partial charge in [-0.15, -0.1) is 0 Å². The molecule has 110 valence electrons. The Labute approximate surface area is 118 Å². The van der Waals surface area contributed by atoms with Crippen molar-refractivity contribution >= 4 is 17.5 Å². The van der Waals surface area contributed by atoms with E-state index in [1.54, 1.807) is 25.1 Å². The maximum absolute atomic E-state index is 12.2. The highest BCUT2D eigenvalue weighted by Crippen LogP contribution is 2.23. The molecule has 6 heteroatoms. The Balaban J connectivity index is 2.84. The maximum atomic E-state index is 12.2. The molecule has 0 aromatic heterocycles. The third kappa shape index (κ3) is 3.88. The first-order valence-corrected chi connectivity index (χ1v) is 6.40. The molecule has 0 saturated heterocycles. The van der Waals surface area contributed by atoms with Gasteiger partial charge in [0, 0.05) is 11.7 Å². The van der Waals surface area contributed by atoms with E-state index in [2.05, 4.69) is 10.6 Å². The molecule has 0 spiro atoms. The lowest BCUT2D eigenvalue weighted by molar-refractivity contribution is -0.123. The van der Waals surface area contributed by atoms with E-state index in [4.69, 9.17) is 10.5 Å². The van der Waals surface area contributed by atoms with E-state index in [-0.39, 0.29) is 17.5 Å². The SMILES string of the molecule is COc1cccc(N)c1C(=O)NC(C)C(=O)NC(C)C. The Hall–Kier alpha value is -2.24. The van der Waals surface area contributed by atoms with Crippen LogP contribution in [-0.4, -0.2) is 31.0 Å². The van der Waals surface area contributed by atoms with Crippen LogP contribution < -0.4 is 21.1 Å². The van der Waals surface area contributed by atoms with Crippen molar-refractivity contribution in [2.24, 2.45) is 0 Å². The summed E-state index contributed by atoms with van der Waals surface area (Å²) in [5.41, 5.74) is 6.33. The number of hydrogen-bond donors (Lipinski definition) is 3. The Morgan fingerprint density at radius 3 is 2.40 bits per heavy atom. The summed E-state index contributed by atoms with van der Waals surface area (Å²) in [7, 11) is 1.46. The highest BCUT2D eigenvalue weighted by atomic mass is 16.5. The molecule has 0 bridgehead atoms. The fourth-order valence-electron chi connectivity index (χ4n) is 1.71. The molecule has 6 nitrogen and oxygen atoms in total. The van der Waals surface area contributed by atoms with E-state index in [9.17, 15) is 9.59 Å². The van der Waals surface area contributed by atoms with Gasteiger partial charge in [-0.1, -0.05) is 6.07 Å². The van der Waals surface area contributed by atoms with E-state index >= 15 is 0 Å².